The van der Waals surface area contributed by atoms with Crippen LogP contribution in [0.1, 0.15) is 63.5 Å². The summed E-state index contributed by atoms with van der Waals surface area (Å²) in [5.74, 6) is 1.88. The molecule has 0 radical (unpaired) electrons. The van der Waals surface area contributed by atoms with Crippen LogP contribution < -0.4 is 10.1 Å². The molecular formula is C18H28BrNO. The van der Waals surface area contributed by atoms with E-state index in [1.54, 1.807) is 0 Å². The molecule has 1 unspecified atom stereocenters. The fourth-order valence-electron chi connectivity index (χ4n) is 3.36. The second-order valence-electron chi connectivity index (χ2n) is 6.05. The van der Waals surface area contributed by atoms with Crippen molar-refractivity contribution in [1.29, 1.82) is 0 Å². The Balaban J connectivity index is 1.94. The first-order valence-corrected chi connectivity index (χ1v) is 9.13. The van der Waals surface area contributed by atoms with Gasteiger partial charge in [0, 0.05) is 6.04 Å². The van der Waals surface area contributed by atoms with Crippen molar-refractivity contribution >= 4 is 15.9 Å². The molecule has 0 heterocycles. The predicted octanol–water partition coefficient (Wildman–Crippen LogP) is 5.47. The lowest BCUT2D eigenvalue weighted by Crippen LogP contribution is -2.18. The normalized spacial score (nSPS) is 17.7. The Kier molecular flexibility index (Phi) is 7.05. The molecule has 1 atom stereocenters. The van der Waals surface area contributed by atoms with Crippen molar-refractivity contribution in [2.75, 3.05) is 13.7 Å². The molecule has 1 aromatic carbocycles. The van der Waals surface area contributed by atoms with E-state index in [0.29, 0.717) is 12.6 Å². The molecule has 0 aromatic heterocycles. The molecule has 1 fully saturated rings. The average molecular weight is 354 g/mol. The second-order valence-corrected chi connectivity index (χ2v) is 6.90. The number of nitrogens with one attached hydrogen (secondary N) is 1. The van der Waals surface area contributed by atoms with Gasteiger partial charge in [-0.05, 0) is 66.4 Å². The number of benzene rings is 1. The summed E-state index contributed by atoms with van der Waals surface area (Å²) in [5.41, 5.74) is 1.35. The summed E-state index contributed by atoms with van der Waals surface area (Å²) in [7, 11) is 2.07. The van der Waals surface area contributed by atoms with Crippen molar-refractivity contribution < 1.29 is 4.74 Å². The molecule has 0 aliphatic heterocycles. The van der Waals surface area contributed by atoms with Gasteiger partial charge in [0.25, 0.3) is 0 Å². The number of halogens is 1. The molecule has 2 nitrogen and oxygen atoms in total. The standard InChI is InChI=1S/C18H28BrNO/c1-3-21-18-12-10-15(13-16(18)19)17(20-2)11-9-14-7-5-4-6-8-14/h10,12-14,17,20H,3-9,11H2,1-2H3. The monoisotopic (exact) mass is 353 g/mol. The van der Waals surface area contributed by atoms with Gasteiger partial charge in [-0.25, -0.2) is 0 Å². The topological polar surface area (TPSA) is 21.3 Å². The number of hydrogen-bond acceptors (Lipinski definition) is 2. The van der Waals surface area contributed by atoms with Crippen molar-refractivity contribution in [3.63, 3.8) is 0 Å². The minimum Gasteiger partial charge on any atom is -0.493 e. The number of ether oxygens (including phenoxy) is 1. The van der Waals surface area contributed by atoms with E-state index < -0.39 is 0 Å². The van der Waals surface area contributed by atoms with Crippen molar-refractivity contribution in [2.45, 2.75) is 57.9 Å². The molecule has 0 amide bonds. The fourth-order valence-corrected chi connectivity index (χ4v) is 3.87. The minimum atomic E-state index is 0.443. The maximum Gasteiger partial charge on any atom is 0.133 e. The highest BCUT2D eigenvalue weighted by Crippen LogP contribution is 2.33. The van der Waals surface area contributed by atoms with Gasteiger partial charge in [0.05, 0.1) is 11.1 Å². The van der Waals surface area contributed by atoms with Gasteiger partial charge in [-0.2, -0.15) is 0 Å². The fraction of sp³-hybridized carbons (Fsp3) is 0.667. The number of rotatable bonds is 7. The molecule has 1 saturated carbocycles. The van der Waals surface area contributed by atoms with Crippen LogP contribution >= 0.6 is 15.9 Å². The third kappa shape index (κ3) is 5.00. The Morgan fingerprint density at radius 2 is 2.05 bits per heavy atom. The van der Waals surface area contributed by atoms with Crippen LogP contribution in [0.4, 0.5) is 0 Å². The van der Waals surface area contributed by atoms with Crippen molar-refractivity contribution in [3.8, 4) is 5.75 Å². The molecule has 0 saturated heterocycles. The van der Waals surface area contributed by atoms with Gasteiger partial charge in [0.1, 0.15) is 5.75 Å². The lowest BCUT2D eigenvalue weighted by molar-refractivity contribution is 0.317. The Labute approximate surface area is 137 Å². The van der Waals surface area contributed by atoms with Gasteiger partial charge in [0.15, 0.2) is 0 Å². The lowest BCUT2D eigenvalue weighted by atomic mass is 9.84. The van der Waals surface area contributed by atoms with Crippen LogP contribution in [-0.2, 0) is 0 Å². The molecule has 1 aliphatic carbocycles. The largest absolute Gasteiger partial charge is 0.493 e. The summed E-state index contributed by atoms with van der Waals surface area (Å²) in [6.45, 7) is 2.72. The zero-order valence-electron chi connectivity index (χ0n) is 13.3. The first-order valence-electron chi connectivity index (χ1n) is 8.34. The molecule has 2 rings (SSSR count). The summed E-state index contributed by atoms with van der Waals surface area (Å²) in [5, 5.41) is 3.47. The van der Waals surface area contributed by atoms with Crippen LogP contribution in [0, 0.1) is 5.92 Å². The van der Waals surface area contributed by atoms with Crippen LogP contribution in [0.25, 0.3) is 0 Å². The summed E-state index contributed by atoms with van der Waals surface area (Å²) in [6.07, 6.45) is 9.75. The van der Waals surface area contributed by atoms with Crippen molar-refractivity contribution in [1.82, 2.24) is 5.32 Å². The average Bonchev–Trinajstić information content (AvgIpc) is 2.51. The number of hydrogen-bond donors (Lipinski definition) is 1. The van der Waals surface area contributed by atoms with Gasteiger partial charge < -0.3 is 10.1 Å². The summed E-state index contributed by atoms with van der Waals surface area (Å²) in [6, 6.07) is 6.91. The van der Waals surface area contributed by atoms with Crippen molar-refractivity contribution in [2.24, 2.45) is 5.92 Å². The first-order chi connectivity index (χ1) is 10.2. The van der Waals surface area contributed by atoms with Crippen molar-refractivity contribution in [3.05, 3.63) is 28.2 Å². The summed E-state index contributed by atoms with van der Waals surface area (Å²) < 4.78 is 6.65. The van der Waals surface area contributed by atoms with Gasteiger partial charge in [0.2, 0.25) is 0 Å². The third-order valence-electron chi connectivity index (χ3n) is 4.59. The SMILES string of the molecule is CCOc1ccc(C(CCC2CCCCC2)NC)cc1Br. The molecule has 1 aliphatic rings. The zero-order chi connectivity index (χ0) is 15.1. The first kappa shape index (κ1) is 16.8. The molecular weight excluding hydrogens is 326 g/mol. The van der Waals surface area contributed by atoms with Gasteiger partial charge >= 0.3 is 0 Å². The van der Waals surface area contributed by atoms with E-state index in [1.807, 2.05) is 6.92 Å². The van der Waals surface area contributed by atoms with E-state index in [9.17, 15) is 0 Å². The highest BCUT2D eigenvalue weighted by molar-refractivity contribution is 9.10. The van der Waals surface area contributed by atoms with Gasteiger partial charge in [-0.15, -0.1) is 0 Å². The molecule has 0 bridgehead atoms. The highest BCUT2D eigenvalue weighted by atomic mass is 79.9. The molecule has 1 aromatic rings. The molecule has 0 spiro atoms. The molecule has 118 valence electrons. The summed E-state index contributed by atoms with van der Waals surface area (Å²) in [4.78, 5) is 0. The van der Waals surface area contributed by atoms with Crippen LogP contribution in [-0.4, -0.2) is 13.7 Å². The third-order valence-corrected chi connectivity index (χ3v) is 5.21. The van der Waals surface area contributed by atoms with E-state index in [2.05, 4.69) is 46.5 Å². The van der Waals surface area contributed by atoms with Gasteiger partial charge in [-0.3, -0.25) is 0 Å². The van der Waals surface area contributed by atoms with Crippen LogP contribution in [0.2, 0.25) is 0 Å². The van der Waals surface area contributed by atoms with E-state index in [0.717, 1.165) is 16.1 Å². The lowest BCUT2D eigenvalue weighted by Gasteiger charge is -2.24. The van der Waals surface area contributed by atoms with E-state index in [4.69, 9.17) is 4.74 Å². The van der Waals surface area contributed by atoms with Crippen LogP contribution in [0.5, 0.6) is 5.75 Å². The van der Waals surface area contributed by atoms with Crippen LogP contribution in [0.3, 0.4) is 0 Å². The molecule has 1 N–H and O–H groups in total. The maximum atomic E-state index is 5.59. The highest BCUT2D eigenvalue weighted by Gasteiger charge is 2.17. The molecule has 3 heteroatoms. The zero-order valence-corrected chi connectivity index (χ0v) is 14.9. The second kappa shape index (κ2) is 8.79. The Hall–Kier alpha value is -0.540. The van der Waals surface area contributed by atoms with Crippen LogP contribution in [0.15, 0.2) is 22.7 Å². The van der Waals surface area contributed by atoms with E-state index in [1.165, 1.54) is 50.5 Å². The Morgan fingerprint density at radius 1 is 1.29 bits per heavy atom. The molecule has 21 heavy (non-hydrogen) atoms. The quantitative estimate of drug-likeness (QED) is 0.701. The van der Waals surface area contributed by atoms with E-state index in [-0.39, 0.29) is 0 Å². The maximum absolute atomic E-state index is 5.59. The summed E-state index contributed by atoms with van der Waals surface area (Å²) >= 11 is 3.62. The minimum absolute atomic E-state index is 0.443. The predicted molar refractivity (Wildman–Crippen MR) is 92.9 cm³/mol. The van der Waals surface area contributed by atoms with E-state index >= 15 is 0 Å². The Morgan fingerprint density at radius 3 is 2.67 bits per heavy atom. The smallest absolute Gasteiger partial charge is 0.133 e. The Bertz CT molecular complexity index is 429. The van der Waals surface area contributed by atoms with Gasteiger partial charge in [-0.1, -0.05) is 38.2 Å².